The number of primary sulfonamides is 1. The normalized spacial score (nSPS) is 14.4. The van der Waals surface area contributed by atoms with Crippen molar-refractivity contribution in [2.45, 2.75) is 10.6 Å². The number of amides is 2. The van der Waals surface area contributed by atoms with E-state index in [0.29, 0.717) is 35.6 Å². The topological polar surface area (TPSA) is 123 Å². The number of carbonyl (C=O) groups is 2. The van der Waals surface area contributed by atoms with Gasteiger partial charge in [0.25, 0.3) is 0 Å². The van der Waals surface area contributed by atoms with Gasteiger partial charge < -0.3 is 4.74 Å². The standard InChI is InChI=1S/C21H18F2N4O5S2/c1-32-18(28)17-19(34(24,30)31)33-20(25-17)27-10-2-9-26(21(27)29)14-6-3-12(4-7-14)15-11-13(22)5-8-16(15)23/h3-8,11H,2,9-10H2,1H3,(H2,24,30,31). The number of carbonyl (C=O) groups excluding carboxylic acids is 2. The van der Waals surface area contributed by atoms with E-state index < -0.39 is 43.6 Å². The summed E-state index contributed by atoms with van der Waals surface area (Å²) in [4.78, 5) is 31.9. The second-order valence-corrected chi connectivity index (χ2v) is 10.0. The number of nitrogens with zero attached hydrogens (tertiary/aromatic N) is 3. The van der Waals surface area contributed by atoms with Gasteiger partial charge in [0.15, 0.2) is 15.0 Å². The van der Waals surface area contributed by atoms with Crippen molar-refractivity contribution in [3.63, 3.8) is 0 Å². The van der Waals surface area contributed by atoms with Gasteiger partial charge in [-0.1, -0.05) is 23.5 Å². The second kappa shape index (κ2) is 9.08. The fraction of sp³-hybridized carbons (Fsp3) is 0.190. The summed E-state index contributed by atoms with van der Waals surface area (Å²) in [5.41, 5.74) is 0.525. The van der Waals surface area contributed by atoms with Crippen LogP contribution in [0.1, 0.15) is 16.9 Å². The molecule has 1 saturated heterocycles. The van der Waals surface area contributed by atoms with E-state index in [9.17, 15) is 26.8 Å². The molecule has 0 unspecified atom stereocenters. The van der Waals surface area contributed by atoms with E-state index >= 15 is 0 Å². The van der Waals surface area contributed by atoms with Crippen molar-refractivity contribution in [1.29, 1.82) is 0 Å². The van der Waals surface area contributed by atoms with E-state index in [1.165, 1.54) is 9.80 Å². The summed E-state index contributed by atoms with van der Waals surface area (Å²) in [5.74, 6) is -2.14. The summed E-state index contributed by atoms with van der Waals surface area (Å²) in [6.45, 7) is 0.598. The van der Waals surface area contributed by atoms with Crippen LogP contribution < -0.4 is 14.9 Å². The number of thiazole rings is 1. The van der Waals surface area contributed by atoms with E-state index in [-0.39, 0.29) is 17.2 Å². The van der Waals surface area contributed by atoms with Gasteiger partial charge in [0.1, 0.15) is 11.6 Å². The Hall–Kier alpha value is -3.42. The van der Waals surface area contributed by atoms with Crippen LogP contribution in [0, 0.1) is 11.6 Å². The van der Waals surface area contributed by atoms with Crippen LogP contribution in [0.3, 0.4) is 0 Å². The zero-order valence-corrected chi connectivity index (χ0v) is 19.3. The number of hydrogen-bond acceptors (Lipinski definition) is 7. The number of aromatic nitrogens is 1. The third-order valence-corrected chi connectivity index (χ3v) is 7.63. The highest BCUT2D eigenvalue weighted by molar-refractivity contribution is 7.91. The van der Waals surface area contributed by atoms with Crippen molar-refractivity contribution in [3.05, 3.63) is 59.8 Å². The lowest BCUT2D eigenvalue weighted by molar-refractivity contribution is 0.0590. The third kappa shape index (κ3) is 4.49. The molecule has 1 aliphatic heterocycles. The highest BCUT2D eigenvalue weighted by Crippen LogP contribution is 2.33. The van der Waals surface area contributed by atoms with Gasteiger partial charge in [-0.05, 0) is 42.3 Å². The van der Waals surface area contributed by atoms with Gasteiger partial charge in [0.2, 0.25) is 10.0 Å². The fourth-order valence-electron chi connectivity index (χ4n) is 3.51. The Morgan fingerprint density at radius 1 is 1.12 bits per heavy atom. The van der Waals surface area contributed by atoms with Crippen LogP contribution in [-0.2, 0) is 14.8 Å². The van der Waals surface area contributed by atoms with Crippen LogP contribution in [0.15, 0.2) is 46.7 Å². The molecule has 0 spiro atoms. The molecule has 1 aliphatic rings. The van der Waals surface area contributed by atoms with Crippen molar-refractivity contribution in [3.8, 4) is 11.1 Å². The number of sulfonamides is 1. The molecule has 1 aromatic heterocycles. The lowest BCUT2D eigenvalue weighted by Gasteiger charge is -2.34. The molecule has 0 bridgehead atoms. The summed E-state index contributed by atoms with van der Waals surface area (Å²) in [5, 5.41) is 5.18. The molecule has 0 saturated carbocycles. The molecule has 2 aromatic carbocycles. The zero-order chi connectivity index (χ0) is 24.6. The van der Waals surface area contributed by atoms with Crippen LogP contribution in [0.2, 0.25) is 0 Å². The Morgan fingerprint density at radius 2 is 1.79 bits per heavy atom. The first-order valence-corrected chi connectivity index (χ1v) is 12.2. The van der Waals surface area contributed by atoms with Crippen molar-refractivity contribution < 1.29 is 31.5 Å². The van der Waals surface area contributed by atoms with Crippen molar-refractivity contribution in [2.75, 3.05) is 30.0 Å². The Morgan fingerprint density at radius 3 is 2.44 bits per heavy atom. The highest BCUT2D eigenvalue weighted by Gasteiger charge is 2.34. The molecule has 3 aromatic rings. The molecule has 34 heavy (non-hydrogen) atoms. The molecule has 1 fully saturated rings. The molecule has 178 valence electrons. The number of anilines is 2. The number of nitrogens with two attached hydrogens (primary N) is 1. The Bertz CT molecular complexity index is 1380. The van der Waals surface area contributed by atoms with E-state index in [0.717, 1.165) is 25.3 Å². The minimum atomic E-state index is -4.28. The largest absolute Gasteiger partial charge is 0.464 e. The number of benzene rings is 2. The molecule has 0 aliphatic carbocycles. The quantitative estimate of drug-likeness (QED) is 0.528. The van der Waals surface area contributed by atoms with Crippen LogP contribution in [0.5, 0.6) is 0 Å². The average molecular weight is 509 g/mol. The maximum Gasteiger partial charge on any atom is 0.359 e. The summed E-state index contributed by atoms with van der Waals surface area (Å²) < 4.78 is 55.5. The number of halogens is 2. The molecule has 0 radical (unpaired) electrons. The maximum atomic E-state index is 14.1. The first-order valence-electron chi connectivity index (χ1n) is 9.86. The Balaban J connectivity index is 1.64. The molecule has 2 heterocycles. The fourth-order valence-corrected chi connectivity index (χ4v) is 5.40. The van der Waals surface area contributed by atoms with Gasteiger partial charge in [-0.15, -0.1) is 0 Å². The maximum absolute atomic E-state index is 14.1. The van der Waals surface area contributed by atoms with Crippen LogP contribution in [0.4, 0.5) is 24.4 Å². The number of ether oxygens (including phenoxy) is 1. The SMILES string of the molecule is COC(=O)c1nc(N2CCCN(c3ccc(-c4cc(F)ccc4F)cc3)C2=O)sc1S(N)(=O)=O. The lowest BCUT2D eigenvalue weighted by Crippen LogP contribution is -2.49. The zero-order valence-electron chi connectivity index (χ0n) is 17.7. The summed E-state index contributed by atoms with van der Waals surface area (Å²) in [6.07, 6.45) is 0.518. The van der Waals surface area contributed by atoms with E-state index in [1.54, 1.807) is 24.3 Å². The first-order chi connectivity index (χ1) is 16.1. The molecule has 4 rings (SSSR count). The van der Waals surface area contributed by atoms with Crippen LogP contribution >= 0.6 is 11.3 Å². The molecule has 13 heteroatoms. The predicted molar refractivity (Wildman–Crippen MR) is 121 cm³/mol. The van der Waals surface area contributed by atoms with Crippen LogP contribution in [0.25, 0.3) is 11.1 Å². The Kier molecular flexibility index (Phi) is 6.34. The van der Waals surface area contributed by atoms with Gasteiger partial charge >= 0.3 is 12.0 Å². The van der Waals surface area contributed by atoms with Gasteiger partial charge in [0, 0.05) is 24.3 Å². The molecular formula is C21H18F2N4O5S2. The number of rotatable bonds is 5. The van der Waals surface area contributed by atoms with Gasteiger partial charge in [-0.2, -0.15) is 0 Å². The first kappa shape index (κ1) is 23.7. The minimum Gasteiger partial charge on any atom is -0.464 e. The second-order valence-electron chi connectivity index (χ2n) is 7.28. The number of esters is 1. The van der Waals surface area contributed by atoms with E-state index in [1.807, 2.05) is 0 Å². The summed E-state index contributed by atoms with van der Waals surface area (Å²) >= 11 is 0.597. The van der Waals surface area contributed by atoms with Gasteiger partial charge in [-0.3, -0.25) is 9.80 Å². The molecular weight excluding hydrogens is 490 g/mol. The molecule has 2 N–H and O–H groups in total. The number of methoxy groups -OCH3 is 1. The van der Waals surface area contributed by atoms with Gasteiger partial charge in [0.05, 0.1) is 7.11 Å². The molecule has 0 atom stereocenters. The summed E-state index contributed by atoms with van der Waals surface area (Å²) in [7, 11) is -3.21. The van der Waals surface area contributed by atoms with E-state index in [4.69, 9.17) is 5.14 Å². The van der Waals surface area contributed by atoms with E-state index in [2.05, 4.69) is 9.72 Å². The Labute approximate surface area is 197 Å². The van der Waals surface area contributed by atoms with Crippen molar-refractivity contribution >= 4 is 44.2 Å². The predicted octanol–water partition coefficient (Wildman–Crippen LogP) is 3.36. The van der Waals surface area contributed by atoms with Crippen molar-refractivity contribution in [1.82, 2.24) is 4.98 Å². The molecule has 9 nitrogen and oxygen atoms in total. The average Bonchev–Trinajstić information content (AvgIpc) is 3.26. The monoisotopic (exact) mass is 508 g/mol. The summed E-state index contributed by atoms with van der Waals surface area (Å²) in [6, 6.07) is 8.98. The number of urea groups is 1. The third-order valence-electron chi connectivity index (χ3n) is 5.10. The number of hydrogen-bond donors (Lipinski definition) is 1. The smallest absolute Gasteiger partial charge is 0.359 e. The van der Waals surface area contributed by atoms with Crippen LogP contribution in [-0.4, -0.2) is 45.6 Å². The minimum absolute atomic E-state index is 0.0161. The highest BCUT2D eigenvalue weighted by atomic mass is 32.2. The van der Waals surface area contributed by atoms with Gasteiger partial charge in [-0.25, -0.2) is 36.9 Å². The molecule has 2 amide bonds. The lowest BCUT2D eigenvalue weighted by atomic mass is 10.0. The van der Waals surface area contributed by atoms with Crippen molar-refractivity contribution in [2.24, 2.45) is 5.14 Å².